The molecule has 0 N–H and O–H groups in total. The molecule has 0 bridgehead atoms. The SMILES string of the molecule is Cc1ccc(C(=O)[C@@H]2[C@H](c3ccccc3F)C(C#N)(C#N)[C@H]3c4ccccc4C=CN23)cc1. The van der Waals surface area contributed by atoms with E-state index in [1.807, 2.05) is 49.4 Å². The first-order valence-electron chi connectivity index (χ1n) is 10.7. The van der Waals surface area contributed by atoms with Crippen LogP contribution in [0.3, 0.4) is 0 Å². The molecule has 160 valence electrons. The maximum absolute atomic E-state index is 15.2. The smallest absolute Gasteiger partial charge is 0.185 e. The molecule has 2 heterocycles. The molecule has 2 aliphatic rings. The van der Waals surface area contributed by atoms with Gasteiger partial charge in [0.15, 0.2) is 11.2 Å². The van der Waals surface area contributed by atoms with Crippen molar-refractivity contribution >= 4 is 11.9 Å². The summed E-state index contributed by atoms with van der Waals surface area (Å²) in [5.41, 5.74) is 1.66. The molecule has 3 atom stereocenters. The van der Waals surface area contributed by atoms with Gasteiger partial charge in [0, 0.05) is 17.7 Å². The Morgan fingerprint density at radius 2 is 1.58 bits per heavy atom. The molecular weight excluding hydrogens is 413 g/mol. The number of carbonyl (C=O) groups excluding carboxylic acids is 1. The van der Waals surface area contributed by atoms with Crippen LogP contribution in [-0.4, -0.2) is 16.7 Å². The van der Waals surface area contributed by atoms with Gasteiger partial charge in [-0.3, -0.25) is 4.79 Å². The van der Waals surface area contributed by atoms with E-state index in [1.54, 1.807) is 41.4 Å². The van der Waals surface area contributed by atoms with Crippen LogP contribution < -0.4 is 0 Å². The lowest BCUT2D eigenvalue weighted by molar-refractivity contribution is 0.0874. The van der Waals surface area contributed by atoms with Crippen molar-refractivity contribution in [3.8, 4) is 12.1 Å². The number of halogens is 1. The zero-order valence-corrected chi connectivity index (χ0v) is 17.9. The van der Waals surface area contributed by atoms with Gasteiger partial charge in [-0.15, -0.1) is 0 Å². The molecule has 0 saturated carbocycles. The minimum absolute atomic E-state index is 0.200. The highest BCUT2D eigenvalue weighted by Crippen LogP contribution is 2.60. The number of Topliss-reactive ketones (excluding diaryl/α,β-unsaturated/α-hetero) is 1. The Balaban J connectivity index is 1.79. The van der Waals surface area contributed by atoms with Gasteiger partial charge in [-0.25, -0.2) is 4.39 Å². The predicted octanol–water partition coefficient (Wildman–Crippen LogP) is 5.54. The molecule has 33 heavy (non-hydrogen) atoms. The van der Waals surface area contributed by atoms with E-state index in [0.717, 1.165) is 16.7 Å². The van der Waals surface area contributed by atoms with Gasteiger partial charge in [-0.1, -0.05) is 72.3 Å². The first-order valence-corrected chi connectivity index (χ1v) is 10.7. The highest BCUT2D eigenvalue weighted by Gasteiger charge is 2.64. The van der Waals surface area contributed by atoms with Crippen molar-refractivity contribution in [2.75, 3.05) is 0 Å². The van der Waals surface area contributed by atoms with E-state index >= 15 is 4.39 Å². The Hall–Kier alpha value is -4.22. The van der Waals surface area contributed by atoms with Crippen molar-refractivity contribution in [2.45, 2.75) is 24.9 Å². The van der Waals surface area contributed by atoms with Crippen molar-refractivity contribution in [2.24, 2.45) is 5.41 Å². The molecule has 3 aromatic carbocycles. The maximum Gasteiger partial charge on any atom is 0.185 e. The highest BCUT2D eigenvalue weighted by atomic mass is 19.1. The van der Waals surface area contributed by atoms with E-state index in [9.17, 15) is 15.3 Å². The second-order valence-electron chi connectivity index (χ2n) is 8.56. The van der Waals surface area contributed by atoms with Crippen LogP contribution in [0.15, 0.2) is 79.0 Å². The summed E-state index contributed by atoms with van der Waals surface area (Å²) in [7, 11) is 0. The van der Waals surface area contributed by atoms with Gasteiger partial charge in [-0.2, -0.15) is 10.5 Å². The van der Waals surface area contributed by atoms with Gasteiger partial charge in [0.2, 0.25) is 0 Å². The van der Waals surface area contributed by atoms with Crippen LogP contribution in [-0.2, 0) is 0 Å². The summed E-state index contributed by atoms with van der Waals surface area (Å²) in [4.78, 5) is 15.7. The molecule has 1 saturated heterocycles. The zero-order chi connectivity index (χ0) is 23.2. The molecule has 0 aromatic heterocycles. The average molecular weight is 433 g/mol. The summed E-state index contributed by atoms with van der Waals surface area (Å²) < 4.78 is 15.2. The molecule has 0 amide bonds. The Bertz CT molecular complexity index is 1350. The minimum atomic E-state index is -1.67. The van der Waals surface area contributed by atoms with Crippen molar-refractivity contribution in [3.63, 3.8) is 0 Å². The third-order valence-corrected chi connectivity index (χ3v) is 6.79. The van der Waals surface area contributed by atoms with E-state index in [1.165, 1.54) is 6.07 Å². The third-order valence-electron chi connectivity index (χ3n) is 6.79. The summed E-state index contributed by atoms with van der Waals surface area (Å²) in [6.07, 6.45) is 3.65. The number of aryl methyl sites for hydroxylation is 1. The van der Waals surface area contributed by atoms with Gasteiger partial charge in [0.1, 0.15) is 11.9 Å². The molecule has 1 fully saturated rings. The van der Waals surface area contributed by atoms with Crippen molar-refractivity contribution in [3.05, 3.63) is 113 Å². The Labute approximate surface area is 191 Å². The summed E-state index contributed by atoms with van der Waals surface area (Å²) in [5, 5.41) is 20.9. The largest absolute Gasteiger partial charge is 0.357 e. The zero-order valence-electron chi connectivity index (χ0n) is 17.9. The van der Waals surface area contributed by atoms with E-state index in [2.05, 4.69) is 12.1 Å². The molecule has 0 radical (unpaired) electrons. The lowest BCUT2D eigenvalue weighted by Crippen LogP contribution is -2.38. The normalized spacial score (nSPS) is 22.1. The summed E-state index contributed by atoms with van der Waals surface area (Å²) in [6.45, 7) is 1.93. The molecule has 0 aliphatic carbocycles. The third kappa shape index (κ3) is 2.97. The fourth-order valence-corrected chi connectivity index (χ4v) is 5.25. The summed E-state index contributed by atoms with van der Waals surface area (Å²) in [6, 6.07) is 23.7. The van der Waals surface area contributed by atoms with Crippen LogP contribution in [0.25, 0.3) is 6.08 Å². The number of benzene rings is 3. The average Bonchev–Trinajstić information content (AvgIpc) is 3.15. The lowest BCUT2D eigenvalue weighted by atomic mass is 9.67. The van der Waals surface area contributed by atoms with Crippen LogP contribution in [0, 0.1) is 40.8 Å². The molecule has 2 aliphatic heterocycles. The number of ketones is 1. The minimum Gasteiger partial charge on any atom is -0.357 e. The molecule has 0 unspecified atom stereocenters. The maximum atomic E-state index is 15.2. The number of nitriles is 2. The van der Waals surface area contributed by atoms with E-state index < -0.39 is 29.2 Å². The summed E-state index contributed by atoms with van der Waals surface area (Å²) >= 11 is 0. The number of fused-ring (bicyclic) bond motifs is 3. The van der Waals surface area contributed by atoms with Crippen molar-refractivity contribution in [1.82, 2.24) is 4.90 Å². The quantitative estimate of drug-likeness (QED) is 0.508. The molecule has 3 aromatic rings. The fourth-order valence-electron chi connectivity index (χ4n) is 5.25. The molecule has 5 rings (SSSR count). The first kappa shape index (κ1) is 20.7. The van der Waals surface area contributed by atoms with Gasteiger partial charge in [-0.05, 0) is 35.8 Å². The number of nitrogens with zero attached hydrogens (tertiary/aromatic N) is 3. The van der Waals surface area contributed by atoms with Crippen LogP contribution >= 0.6 is 0 Å². The summed E-state index contributed by atoms with van der Waals surface area (Å²) in [5.74, 6) is -1.76. The van der Waals surface area contributed by atoms with Crippen molar-refractivity contribution in [1.29, 1.82) is 10.5 Å². The van der Waals surface area contributed by atoms with Crippen LogP contribution in [0.1, 0.15) is 44.6 Å². The number of hydrogen-bond donors (Lipinski definition) is 0. The predicted molar refractivity (Wildman–Crippen MR) is 122 cm³/mol. The Kier molecular flexibility index (Phi) is 4.84. The van der Waals surface area contributed by atoms with Crippen molar-refractivity contribution < 1.29 is 9.18 Å². The lowest BCUT2D eigenvalue weighted by Gasteiger charge is -2.34. The van der Waals surface area contributed by atoms with E-state index in [-0.39, 0.29) is 11.3 Å². The van der Waals surface area contributed by atoms with Crippen LogP contribution in [0.4, 0.5) is 4.39 Å². The second kappa shape index (κ2) is 7.73. The fraction of sp³-hybridized carbons (Fsp3) is 0.179. The number of hydrogen-bond acceptors (Lipinski definition) is 4. The topological polar surface area (TPSA) is 67.9 Å². The molecule has 0 spiro atoms. The standard InChI is InChI=1S/C28H20FN3O/c1-18-10-12-20(13-11-18)26(33)25-24(22-8-4-5-9-23(22)29)28(16-30,17-31)27-21-7-3-2-6-19(21)14-15-32(25)27/h2-15,24-25,27H,1H3/t24-,25-,27+/m0/s1. The van der Waals surface area contributed by atoms with Crippen LogP contribution in [0.2, 0.25) is 0 Å². The van der Waals surface area contributed by atoms with Gasteiger partial charge >= 0.3 is 0 Å². The first-order chi connectivity index (χ1) is 16.0. The van der Waals surface area contributed by atoms with Gasteiger partial charge < -0.3 is 4.90 Å². The molecule has 4 nitrogen and oxygen atoms in total. The van der Waals surface area contributed by atoms with E-state index in [0.29, 0.717) is 5.56 Å². The Morgan fingerprint density at radius 3 is 2.24 bits per heavy atom. The van der Waals surface area contributed by atoms with Gasteiger partial charge in [0.25, 0.3) is 0 Å². The molecular formula is C28H20FN3O. The highest BCUT2D eigenvalue weighted by molar-refractivity contribution is 6.01. The number of rotatable bonds is 3. The second-order valence-corrected chi connectivity index (χ2v) is 8.56. The molecule has 5 heteroatoms. The Morgan fingerprint density at radius 1 is 0.939 bits per heavy atom. The van der Waals surface area contributed by atoms with Crippen LogP contribution in [0.5, 0.6) is 0 Å². The monoisotopic (exact) mass is 433 g/mol. The van der Waals surface area contributed by atoms with E-state index in [4.69, 9.17) is 0 Å². The number of carbonyl (C=O) groups is 1. The van der Waals surface area contributed by atoms with Gasteiger partial charge in [0.05, 0.1) is 18.2 Å².